The predicted molar refractivity (Wildman–Crippen MR) is 185 cm³/mol. The second-order valence-corrected chi connectivity index (χ2v) is 11.1. The summed E-state index contributed by atoms with van der Waals surface area (Å²) in [6.45, 7) is 1.96. The van der Waals surface area contributed by atoms with Crippen molar-refractivity contribution in [1.29, 1.82) is 0 Å². The number of rotatable bonds is 14. The molecule has 3 amide bonds. The maximum Gasteiger partial charge on any atom is 0.486 e. The van der Waals surface area contributed by atoms with Crippen LogP contribution in [-0.4, -0.2) is 80.6 Å². The summed E-state index contributed by atoms with van der Waals surface area (Å²) in [4.78, 5) is 50.1. The standard InChI is InChI=1S/C25H24ClF3N8O6.C4H11N3.C2H2/c26-15-5-3-14(4-6-15)23(9-10-23)37-21-34-20(35-22(36-21)43-25(41,42)24(27,28)29)33-16-7-1-13(2-8-16)19(40)32-12-18(39)31-11-17(30)38;1-2-3-7-4(5)6;1-2/h1-8,41-42H,9-12H2,(H2,30,38)(H,31,39)(H,32,40)(H2,33,34,35,36,37);2-3H2,1H3,(H4,5,6,7);1-2H. The van der Waals surface area contributed by atoms with E-state index in [1.54, 1.807) is 24.3 Å². The number of primary amides is 1. The summed E-state index contributed by atoms with van der Waals surface area (Å²) < 4.78 is 43.5. The first-order chi connectivity index (χ1) is 24.4. The van der Waals surface area contributed by atoms with Crippen molar-refractivity contribution in [2.45, 2.75) is 43.9 Å². The number of amides is 3. The number of nitrogens with one attached hydrogen (secondary N) is 4. The van der Waals surface area contributed by atoms with Gasteiger partial charge in [0.15, 0.2) is 5.96 Å². The van der Waals surface area contributed by atoms with Gasteiger partial charge in [-0.2, -0.15) is 28.1 Å². The summed E-state index contributed by atoms with van der Waals surface area (Å²) >= 11 is 5.97. The SMILES string of the molecule is C#C.CCCN=C(N)N.NC(=O)CNC(=O)CNC(=O)c1ccc(Nc2nc(NC3(c4ccc(Cl)cc4)CC3)nc(OC(O)(O)C(F)(F)F)n2)cc1. The number of aromatic nitrogens is 3. The van der Waals surface area contributed by atoms with Crippen LogP contribution in [0.15, 0.2) is 53.5 Å². The number of anilines is 3. The maximum absolute atomic E-state index is 13.1. The van der Waals surface area contributed by atoms with Gasteiger partial charge < -0.3 is 53.4 Å². The molecule has 280 valence electrons. The van der Waals surface area contributed by atoms with Crippen LogP contribution in [0.3, 0.4) is 0 Å². The molecule has 52 heavy (non-hydrogen) atoms. The van der Waals surface area contributed by atoms with Crippen molar-refractivity contribution in [3.05, 3.63) is 64.7 Å². The summed E-state index contributed by atoms with van der Waals surface area (Å²) in [5.41, 5.74) is 15.5. The molecule has 17 nitrogen and oxygen atoms in total. The number of terminal acetylenes is 1. The Bertz CT molecular complexity index is 1720. The molecule has 1 aromatic heterocycles. The molecule has 0 spiro atoms. The number of carbonyl (C=O) groups excluding carboxylic acids is 3. The molecule has 21 heteroatoms. The summed E-state index contributed by atoms with van der Waals surface area (Å²) in [7, 11) is 0. The molecule has 0 radical (unpaired) electrons. The van der Waals surface area contributed by atoms with Crippen LogP contribution in [0.4, 0.5) is 30.8 Å². The Morgan fingerprint density at radius 2 is 1.54 bits per heavy atom. The topological polar surface area (TPSA) is 278 Å². The average molecular weight is 752 g/mol. The summed E-state index contributed by atoms with van der Waals surface area (Å²) in [5.74, 6) is -6.97. The fraction of sp³-hybridized carbons (Fsp3) is 0.323. The molecule has 12 N–H and O–H groups in total. The van der Waals surface area contributed by atoms with Crippen LogP contribution in [0.2, 0.25) is 5.02 Å². The van der Waals surface area contributed by atoms with Crippen molar-refractivity contribution < 1.29 is 42.5 Å². The number of halogens is 4. The van der Waals surface area contributed by atoms with Crippen molar-refractivity contribution >= 4 is 52.9 Å². The number of hydrogen-bond acceptors (Lipinski definition) is 12. The minimum absolute atomic E-state index is 0.143. The summed E-state index contributed by atoms with van der Waals surface area (Å²) in [6, 6.07) is 11.4. The van der Waals surface area contributed by atoms with Crippen molar-refractivity contribution in [2.24, 2.45) is 22.2 Å². The monoisotopic (exact) mass is 751 g/mol. The molecule has 0 unspecified atom stereocenters. The molecule has 1 fully saturated rings. The number of aliphatic imine (C=N–C) groups is 1. The number of benzene rings is 2. The lowest BCUT2D eigenvalue weighted by atomic mass is 10.1. The smallest absolute Gasteiger partial charge is 0.398 e. The molecule has 1 aliphatic carbocycles. The van der Waals surface area contributed by atoms with Crippen molar-refractivity contribution in [1.82, 2.24) is 25.6 Å². The zero-order valence-corrected chi connectivity index (χ0v) is 28.3. The van der Waals surface area contributed by atoms with Crippen LogP contribution in [0.5, 0.6) is 6.01 Å². The van der Waals surface area contributed by atoms with Gasteiger partial charge in [0.2, 0.25) is 23.7 Å². The molecule has 3 aromatic rings. The average Bonchev–Trinajstić information content (AvgIpc) is 3.86. The molecule has 0 atom stereocenters. The van der Waals surface area contributed by atoms with E-state index in [2.05, 4.69) is 58.8 Å². The van der Waals surface area contributed by atoms with E-state index in [0.29, 0.717) is 17.9 Å². The molecule has 1 saturated carbocycles. The van der Waals surface area contributed by atoms with Crippen molar-refractivity contribution in [3.8, 4) is 18.9 Å². The van der Waals surface area contributed by atoms with E-state index in [1.165, 1.54) is 24.3 Å². The first-order valence-corrected chi connectivity index (χ1v) is 15.4. The van der Waals surface area contributed by atoms with Gasteiger partial charge in [0.25, 0.3) is 5.91 Å². The van der Waals surface area contributed by atoms with E-state index in [9.17, 15) is 37.8 Å². The van der Waals surface area contributed by atoms with Crippen LogP contribution >= 0.6 is 11.6 Å². The number of guanidine groups is 1. The number of aliphatic hydroxyl groups is 2. The quantitative estimate of drug-likeness (QED) is 0.0485. The predicted octanol–water partition coefficient (Wildman–Crippen LogP) is 1.20. The van der Waals surface area contributed by atoms with Crippen LogP contribution in [0.1, 0.15) is 42.1 Å². The first-order valence-electron chi connectivity index (χ1n) is 15.0. The lowest BCUT2D eigenvalue weighted by molar-refractivity contribution is -0.430. The van der Waals surface area contributed by atoms with Crippen LogP contribution in [0.25, 0.3) is 0 Å². The third-order valence-electron chi connectivity index (χ3n) is 6.51. The molecule has 1 aliphatic rings. The maximum atomic E-state index is 13.1. The number of hydrogen-bond donors (Lipinski definition) is 9. The normalized spacial score (nSPS) is 12.6. The van der Waals surface area contributed by atoms with Crippen LogP contribution < -0.4 is 43.2 Å². The molecule has 4 rings (SSSR count). The Morgan fingerprint density at radius 3 is 2.04 bits per heavy atom. The van der Waals surface area contributed by atoms with E-state index < -0.39 is 48.0 Å². The Balaban J connectivity index is 0.000000930. The van der Waals surface area contributed by atoms with Crippen LogP contribution in [0, 0.1) is 12.8 Å². The van der Waals surface area contributed by atoms with Gasteiger partial charge in [-0.25, -0.2) is 0 Å². The van der Waals surface area contributed by atoms with Gasteiger partial charge in [0.05, 0.1) is 18.6 Å². The second-order valence-electron chi connectivity index (χ2n) is 10.6. The first kappa shape index (κ1) is 42.3. The minimum atomic E-state index is -5.60. The number of ether oxygens (including phenoxy) is 1. The highest BCUT2D eigenvalue weighted by molar-refractivity contribution is 6.30. The molecule has 1 heterocycles. The van der Waals surface area contributed by atoms with Crippen molar-refractivity contribution in [2.75, 3.05) is 30.3 Å². The minimum Gasteiger partial charge on any atom is -0.398 e. The largest absolute Gasteiger partial charge is 0.486 e. The Labute approximate surface area is 300 Å². The zero-order valence-electron chi connectivity index (χ0n) is 27.6. The van der Waals surface area contributed by atoms with Gasteiger partial charge in [0.1, 0.15) is 0 Å². The van der Waals surface area contributed by atoms with Gasteiger partial charge in [-0.05, 0) is 61.2 Å². The molecule has 0 aliphatic heterocycles. The van der Waals surface area contributed by atoms with E-state index in [4.69, 9.17) is 28.8 Å². The summed E-state index contributed by atoms with van der Waals surface area (Å²) in [6.07, 6.45) is 4.66. The fourth-order valence-corrected chi connectivity index (χ4v) is 4.00. The highest BCUT2D eigenvalue weighted by Gasteiger charge is 2.57. The van der Waals surface area contributed by atoms with E-state index >= 15 is 0 Å². The number of alkyl halides is 3. The Kier molecular flexibility index (Phi) is 15.4. The van der Waals surface area contributed by atoms with E-state index in [0.717, 1.165) is 18.5 Å². The number of nitrogens with zero attached hydrogens (tertiary/aromatic N) is 4. The van der Waals surface area contributed by atoms with Gasteiger partial charge in [0, 0.05) is 22.8 Å². The lowest BCUT2D eigenvalue weighted by Crippen LogP contribution is -2.50. The third-order valence-corrected chi connectivity index (χ3v) is 6.76. The molecular weight excluding hydrogens is 715 g/mol. The highest BCUT2D eigenvalue weighted by Crippen LogP contribution is 2.48. The Hall–Kier alpha value is -5.91. The highest BCUT2D eigenvalue weighted by atomic mass is 35.5. The van der Waals surface area contributed by atoms with Crippen LogP contribution in [-0.2, 0) is 15.1 Å². The lowest BCUT2D eigenvalue weighted by Gasteiger charge is -2.24. The van der Waals surface area contributed by atoms with Gasteiger partial charge in [-0.1, -0.05) is 30.7 Å². The van der Waals surface area contributed by atoms with Crippen molar-refractivity contribution in [3.63, 3.8) is 0 Å². The van der Waals surface area contributed by atoms with Gasteiger partial charge in [-0.15, -0.1) is 12.8 Å². The van der Waals surface area contributed by atoms with Gasteiger partial charge in [-0.3, -0.25) is 19.4 Å². The third kappa shape index (κ3) is 13.4. The van der Waals surface area contributed by atoms with E-state index in [-0.39, 0.29) is 35.7 Å². The molecule has 0 bridgehead atoms. The molecule has 0 saturated heterocycles. The van der Waals surface area contributed by atoms with E-state index in [1.807, 2.05) is 6.92 Å². The number of carbonyl (C=O) groups is 3. The van der Waals surface area contributed by atoms with Gasteiger partial charge >= 0.3 is 18.2 Å². The second kappa shape index (κ2) is 18.9. The molecule has 2 aromatic carbocycles. The summed E-state index contributed by atoms with van der Waals surface area (Å²) in [5, 5.41) is 29.7. The zero-order chi connectivity index (χ0) is 39.1. The number of nitrogens with two attached hydrogens (primary N) is 3. The Morgan fingerprint density at radius 1 is 0.942 bits per heavy atom. The fourth-order valence-electron chi connectivity index (χ4n) is 3.88. The molecular formula is C31H37ClF3N11O6.